The van der Waals surface area contributed by atoms with Gasteiger partial charge in [-0.3, -0.25) is 4.79 Å². The number of rotatable bonds is 6. The van der Waals surface area contributed by atoms with Crippen molar-refractivity contribution in [2.75, 3.05) is 11.9 Å². The third-order valence-corrected chi connectivity index (χ3v) is 6.85. The van der Waals surface area contributed by atoms with Crippen molar-refractivity contribution in [3.8, 4) is 0 Å². The molecular weight excluding hydrogens is 382 g/mol. The molecule has 25 heavy (non-hydrogen) atoms. The molecule has 0 saturated carbocycles. The van der Waals surface area contributed by atoms with E-state index >= 15 is 0 Å². The van der Waals surface area contributed by atoms with Crippen molar-refractivity contribution >= 4 is 44.0 Å². The number of benzene rings is 1. The lowest BCUT2D eigenvalue weighted by Crippen LogP contribution is -2.42. The molecule has 1 amide bonds. The Kier molecular flexibility index (Phi) is 6.21. The van der Waals surface area contributed by atoms with Gasteiger partial charge in [-0.05, 0) is 52.0 Å². The van der Waals surface area contributed by atoms with Gasteiger partial charge >= 0.3 is 0 Å². The van der Waals surface area contributed by atoms with Gasteiger partial charge in [-0.1, -0.05) is 11.6 Å². The van der Waals surface area contributed by atoms with Crippen molar-refractivity contribution in [1.29, 1.82) is 0 Å². The highest BCUT2D eigenvalue weighted by molar-refractivity contribution is 7.89. The zero-order valence-electron chi connectivity index (χ0n) is 14.4. The molecule has 1 aromatic carbocycles. The Morgan fingerprint density at radius 1 is 1.28 bits per heavy atom. The number of hydrogen-bond donors (Lipinski definition) is 1. The van der Waals surface area contributed by atoms with E-state index in [4.69, 9.17) is 11.6 Å². The minimum absolute atomic E-state index is 0.0966. The van der Waals surface area contributed by atoms with E-state index in [0.29, 0.717) is 10.2 Å². The van der Waals surface area contributed by atoms with Crippen molar-refractivity contribution in [2.45, 2.75) is 38.6 Å². The number of sulfonamides is 1. The van der Waals surface area contributed by atoms with E-state index < -0.39 is 15.9 Å². The van der Waals surface area contributed by atoms with Crippen LogP contribution in [-0.2, 0) is 14.8 Å². The number of carbonyl (C=O) groups excluding carboxylic acids is 1. The van der Waals surface area contributed by atoms with Crippen LogP contribution in [0.2, 0.25) is 5.02 Å². The van der Waals surface area contributed by atoms with Gasteiger partial charge in [-0.15, -0.1) is 11.3 Å². The van der Waals surface area contributed by atoms with Crippen LogP contribution < -0.4 is 5.32 Å². The van der Waals surface area contributed by atoms with Crippen LogP contribution in [0.15, 0.2) is 29.2 Å². The monoisotopic (exact) mass is 401 g/mol. The summed E-state index contributed by atoms with van der Waals surface area (Å²) in [7, 11) is -3.81. The van der Waals surface area contributed by atoms with Gasteiger partial charge in [0.2, 0.25) is 15.9 Å². The van der Waals surface area contributed by atoms with Crippen LogP contribution in [0.3, 0.4) is 0 Å². The van der Waals surface area contributed by atoms with E-state index in [9.17, 15) is 13.2 Å². The summed E-state index contributed by atoms with van der Waals surface area (Å²) in [4.78, 5) is 17.6. The Balaban J connectivity index is 2.19. The molecule has 0 bridgehead atoms. The molecule has 0 radical (unpaired) electrons. The number of aromatic nitrogens is 1. The summed E-state index contributed by atoms with van der Waals surface area (Å²) in [5.74, 6) is -0.431. The molecule has 6 nitrogen and oxygen atoms in total. The molecule has 1 aromatic heterocycles. The summed E-state index contributed by atoms with van der Waals surface area (Å²) in [5.41, 5.74) is 0.842. The number of nitrogens with one attached hydrogen (secondary N) is 1. The Morgan fingerprint density at radius 2 is 1.88 bits per heavy atom. The van der Waals surface area contributed by atoms with Crippen molar-refractivity contribution in [1.82, 2.24) is 9.29 Å². The fourth-order valence-corrected chi connectivity index (χ4v) is 4.66. The predicted octanol–water partition coefficient (Wildman–Crippen LogP) is 3.45. The van der Waals surface area contributed by atoms with Gasteiger partial charge in [0.1, 0.15) is 0 Å². The summed E-state index contributed by atoms with van der Waals surface area (Å²) in [5, 5.41) is 3.57. The molecule has 2 rings (SSSR count). The largest absolute Gasteiger partial charge is 0.301 e. The Labute approximate surface area is 156 Å². The first-order chi connectivity index (χ1) is 11.6. The molecule has 9 heteroatoms. The van der Waals surface area contributed by atoms with Gasteiger partial charge in [0.15, 0.2) is 5.13 Å². The minimum atomic E-state index is -3.81. The molecule has 1 heterocycles. The Hall–Kier alpha value is -1.48. The Bertz CT molecular complexity index is 842. The molecule has 0 unspecified atom stereocenters. The van der Waals surface area contributed by atoms with Crippen LogP contribution in [0, 0.1) is 13.8 Å². The molecule has 2 aromatic rings. The highest BCUT2D eigenvalue weighted by Crippen LogP contribution is 2.23. The van der Waals surface area contributed by atoms with Crippen molar-refractivity contribution in [2.24, 2.45) is 0 Å². The molecule has 0 fully saturated rings. The zero-order chi connectivity index (χ0) is 18.8. The fourth-order valence-electron chi connectivity index (χ4n) is 2.11. The predicted molar refractivity (Wildman–Crippen MR) is 101 cm³/mol. The molecule has 0 atom stereocenters. The smallest absolute Gasteiger partial charge is 0.243 e. The molecular formula is C16H20ClN3O3S2. The third-order valence-electron chi connectivity index (χ3n) is 3.57. The number of amides is 1. The minimum Gasteiger partial charge on any atom is -0.301 e. The van der Waals surface area contributed by atoms with E-state index in [2.05, 4.69) is 10.3 Å². The second kappa shape index (κ2) is 7.82. The summed E-state index contributed by atoms with van der Waals surface area (Å²) in [6.45, 7) is 6.91. The second-order valence-corrected chi connectivity index (χ2v) is 9.34. The molecule has 136 valence electrons. The SMILES string of the molecule is Cc1nc(NC(=O)CN(C(C)C)S(=O)(=O)c2ccc(Cl)cc2)sc1C. The van der Waals surface area contributed by atoms with Gasteiger partial charge < -0.3 is 5.32 Å². The van der Waals surface area contributed by atoms with Gasteiger partial charge in [-0.25, -0.2) is 13.4 Å². The summed E-state index contributed by atoms with van der Waals surface area (Å²) in [6, 6.07) is 5.49. The lowest BCUT2D eigenvalue weighted by atomic mass is 10.4. The normalized spacial score (nSPS) is 12.0. The molecule has 0 aliphatic rings. The van der Waals surface area contributed by atoms with E-state index in [0.717, 1.165) is 14.9 Å². The topological polar surface area (TPSA) is 79.4 Å². The van der Waals surface area contributed by atoms with Crippen LogP contribution in [0.5, 0.6) is 0 Å². The maximum Gasteiger partial charge on any atom is 0.243 e. The van der Waals surface area contributed by atoms with E-state index in [1.165, 1.54) is 35.6 Å². The lowest BCUT2D eigenvalue weighted by molar-refractivity contribution is -0.116. The van der Waals surface area contributed by atoms with Gasteiger partial charge in [0.05, 0.1) is 17.1 Å². The van der Waals surface area contributed by atoms with E-state index in [-0.39, 0.29) is 17.5 Å². The van der Waals surface area contributed by atoms with Crippen molar-refractivity contribution < 1.29 is 13.2 Å². The molecule has 1 N–H and O–H groups in total. The number of carbonyl (C=O) groups is 1. The number of thiazole rings is 1. The summed E-state index contributed by atoms with van der Waals surface area (Å²) in [6.07, 6.45) is 0. The third kappa shape index (κ3) is 4.78. The molecule has 0 aliphatic heterocycles. The average Bonchev–Trinajstić information content (AvgIpc) is 2.82. The van der Waals surface area contributed by atoms with Crippen LogP contribution in [0.1, 0.15) is 24.4 Å². The number of nitrogens with zero attached hydrogens (tertiary/aromatic N) is 2. The van der Waals surface area contributed by atoms with Crippen molar-refractivity contribution in [3.63, 3.8) is 0 Å². The molecule has 0 saturated heterocycles. The number of halogens is 1. The maximum absolute atomic E-state index is 12.8. The first kappa shape index (κ1) is 19.8. The standard InChI is InChI=1S/C16H20ClN3O3S2/c1-10(2)20(25(22,23)14-7-5-13(17)6-8-14)9-15(21)19-16-18-11(3)12(4)24-16/h5-8,10H,9H2,1-4H3,(H,18,19,21). The summed E-state index contributed by atoms with van der Waals surface area (Å²) < 4.78 is 26.8. The first-order valence-electron chi connectivity index (χ1n) is 7.62. The average molecular weight is 402 g/mol. The maximum atomic E-state index is 12.8. The van der Waals surface area contributed by atoms with Gasteiger partial charge in [0.25, 0.3) is 0 Å². The highest BCUT2D eigenvalue weighted by atomic mass is 35.5. The number of anilines is 1. The Morgan fingerprint density at radius 3 is 2.36 bits per heavy atom. The molecule has 0 spiro atoms. The lowest BCUT2D eigenvalue weighted by Gasteiger charge is -2.25. The van der Waals surface area contributed by atoms with E-state index in [1.807, 2.05) is 13.8 Å². The van der Waals surface area contributed by atoms with Crippen LogP contribution in [0.4, 0.5) is 5.13 Å². The number of aryl methyl sites for hydroxylation is 2. The quantitative estimate of drug-likeness (QED) is 0.803. The first-order valence-corrected chi connectivity index (χ1v) is 10.3. The summed E-state index contributed by atoms with van der Waals surface area (Å²) >= 11 is 7.17. The van der Waals surface area contributed by atoms with E-state index in [1.54, 1.807) is 13.8 Å². The van der Waals surface area contributed by atoms with Crippen molar-refractivity contribution in [3.05, 3.63) is 39.9 Å². The van der Waals surface area contributed by atoms with Gasteiger partial charge in [-0.2, -0.15) is 4.31 Å². The van der Waals surface area contributed by atoms with Crippen LogP contribution in [0.25, 0.3) is 0 Å². The zero-order valence-corrected chi connectivity index (χ0v) is 16.8. The molecule has 0 aliphatic carbocycles. The highest BCUT2D eigenvalue weighted by Gasteiger charge is 2.29. The van der Waals surface area contributed by atoms with Crippen LogP contribution >= 0.6 is 22.9 Å². The number of hydrogen-bond acceptors (Lipinski definition) is 5. The second-order valence-electron chi connectivity index (χ2n) is 5.81. The fraction of sp³-hybridized carbons (Fsp3) is 0.375. The van der Waals surface area contributed by atoms with Gasteiger partial charge in [0, 0.05) is 15.9 Å². The van der Waals surface area contributed by atoms with Crippen LogP contribution in [-0.4, -0.2) is 36.2 Å².